The normalized spacial score (nSPS) is 14.8. The van der Waals surface area contributed by atoms with Gasteiger partial charge in [-0.3, -0.25) is 16.3 Å². The van der Waals surface area contributed by atoms with Crippen LogP contribution in [0.2, 0.25) is 0 Å². The summed E-state index contributed by atoms with van der Waals surface area (Å²) in [6, 6.07) is 4.35. The molecule has 90 valence electrons. The van der Waals surface area contributed by atoms with Crippen molar-refractivity contribution in [3.63, 3.8) is 0 Å². The number of hydrogen-bond donors (Lipinski definition) is 2. The van der Waals surface area contributed by atoms with Crippen LogP contribution in [0.3, 0.4) is 0 Å². The van der Waals surface area contributed by atoms with Gasteiger partial charge in [-0.2, -0.15) is 0 Å². The van der Waals surface area contributed by atoms with E-state index in [0.29, 0.717) is 12.0 Å². The van der Waals surface area contributed by atoms with E-state index in [1.54, 1.807) is 0 Å². The summed E-state index contributed by atoms with van der Waals surface area (Å²) < 4.78 is 1.01. The molecule has 0 saturated carbocycles. The first-order valence-electron chi connectivity index (χ1n) is 5.72. The van der Waals surface area contributed by atoms with E-state index in [1.165, 1.54) is 6.42 Å². The van der Waals surface area contributed by atoms with Gasteiger partial charge in [0.05, 0.1) is 0 Å². The fraction of sp³-hybridized carbons (Fsp3) is 0.583. The number of hydrazine groups is 1. The fourth-order valence-electron chi connectivity index (χ4n) is 1.64. The van der Waals surface area contributed by atoms with Crippen molar-refractivity contribution in [2.45, 2.75) is 39.2 Å². The lowest BCUT2D eigenvalue weighted by atomic mass is 9.96. The Hall–Kier alpha value is -0.450. The molecule has 1 aromatic heterocycles. The average molecular weight is 286 g/mol. The van der Waals surface area contributed by atoms with Gasteiger partial charge in [0.2, 0.25) is 0 Å². The molecule has 0 aliphatic heterocycles. The van der Waals surface area contributed by atoms with Gasteiger partial charge >= 0.3 is 0 Å². The van der Waals surface area contributed by atoms with Crippen LogP contribution in [0.25, 0.3) is 0 Å². The number of rotatable bonds is 6. The van der Waals surface area contributed by atoms with Gasteiger partial charge in [0, 0.05) is 28.8 Å². The van der Waals surface area contributed by atoms with E-state index in [1.807, 2.05) is 18.3 Å². The van der Waals surface area contributed by atoms with Crippen LogP contribution >= 0.6 is 15.9 Å². The van der Waals surface area contributed by atoms with Crippen molar-refractivity contribution in [2.24, 2.45) is 11.8 Å². The number of hydrogen-bond acceptors (Lipinski definition) is 3. The number of halogens is 1. The Morgan fingerprint density at radius 2 is 2.25 bits per heavy atom. The van der Waals surface area contributed by atoms with Crippen molar-refractivity contribution in [3.8, 4) is 0 Å². The quantitative estimate of drug-likeness (QED) is 0.624. The topological polar surface area (TPSA) is 50.9 Å². The molecule has 0 spiro atoms. The van der Waals surface area contributed by atoms with Crippen LogP contribution in [0.4, 0.5) is 0 Å². The minimum Gasteiger partial charge on any atom is -0.271 e. The minimum absolute atomic E-state index is 0.309. The van der Waals surface area contributed by atoms with Crippen LogP contribution in [-0.2, 0) is 6.42 Å². The molecule has 0 fully saturated rings. The van der Waals surface area contributed by atoms with E-state index in [4.69, 9.17) is 5.84 Å². The Labute approximate surface area is 106 Å². The largest absolute Gasteiger partial charge is 0.271 e. The smallest absolute Gasteiger partial charge is 0.0420 e. The van der Waals surface area contributed by atoms with Gasteiger partial charge in [0.1, 0.15) is 0 Å². The molecule has 2 unspecified atom stereocenters. The Morgan fingerprint density at radius 3 is 2.75 bits per heavy atom. The summed E-state index contributed by atoms with van der Waals surface area (Å²) in [7, 11) is 0. The summed E-state index contributed by atoms with van der Waals surface area (Å²) in [6.45, 7) is 4.45. The summed E-state index contributed by atoms with van der Waals surface area (Å²) in [6.07, 6.45) is 4.98. The van der Waals surface area contributed by atoms with E-state index in [0.717, 1.165) is 23.0 Å². The van der Waals surface area contributed by atoms with Crippen molar-refractivity contribution in [1.82, 2.24) is 10.4 Å². The molecule has 1 rings (SSSR count). The van der Waals surface area contributed by atoms with Crippen molar-refractivity contribution in [3.05, 3.63) is 28.5 Å². The second-order valence-electron chi connectivity index (χ2n) is 4.28. The summed E-state index contributed by atoms with van der Waals surface area (Å²) in [5.74, 6) is 6.26. The Balaban J connectivity index is 2.52. The molecule has 2 atom stereocenters. The third kappa shape index (κ3) is 4.60. The maximum absolute atomic E-state index is 5.57. The minimum atomic E-state index is 0.309. The second-order valence-corrected chi connectivity index (χ2v) is 5.20. The lowest BCUT2D eigenvalue weighted by Crippen LogP contribution is -2.38. The summed E-state index contributed by atoms with van der Waals surface area (Å²) in [4.78, 5) is 4.36. The number of nitrogens with two attached hydrogens (primary N) is 1. The SMILES string of the molecule is CCC(C)CC(Cc1ccc(Br)cn1)NN. The van der Waals surface area contributed by atoms with Gasteiger partial charge in [-0.25, -0.2) is 0 Å². The Bertz CT molecular complexity index is 300. The summed E-state index contributed by atoms with van der Waals surface area (Å²) in [5, 5.41) is 0. The van der Waals surface area contributed by atoms with Gasteiger partial charge in [0.15, 0.2) is 0 Å². The zero-order valence-corrected chi connectivity index (χ0v) is 11.5. The zero-order chi connectivity index (χ0) is 12.0. The molecule has 0 aromatic carbocycles. The van der Waals surface area contributed by atoms with Crippen LogP contribution in [-0.4, -0.2) is 11.0 Å². The van der Waals surface area contributed by atoms with Crippen molar-refractivity contribution in [1.29, 1.82) is 0 Å². The number of nitrogens with one attached hydrogen (secondary N) is 1. The van der Waals surface area contributed by atoms with Gasteiger partial charge in [-0.05, 0) is 40.4 Å². The monoisotopic (exact) mass is 285 g/mol. The maximum atomic E-state index is 5.57. The molecule has 1 aromatic rings. The van der Waals surface area contributed by atoms with Crippen LogP contribution in [0.15, 0.2) is 22.8 Å². The number of pyridine rings is 1. The predicted octanol–water partition coefficient (Wildman–Crippen LogP) is 2.65. The summed E-state index contributed by atoms with van der Waals surface area (Å²) >= 11 is 3.38. The molecule has 3 nitrogen and oxygen atoms in total. The van der Waals surface area contributed by atoms with Crippen LogP contribution in [0.1, 0.15) is 32.4 Å². The number of aromatic nitrogens is 1. The predicted molar refractivity (Wildman–Crippen MR) is 70.8 cm³/mol. The zero-order valence-electron chi connectivity index (χ0n) is 9.91. The molecule has 3 N–H and O–H groups in total. The van der Waals surface area contributed by atoms with E-state index >= 15 is 0 Å². The lowest BCUT2D eigenvalue weighted by Gasteiger charge is -2.19. The molecule has 0 bridgehead atoms. The van der Waals surface area contributed by atoms with Crippen molar-refractivity contribution in [2.75, 3.05) is 0 Å². The van der Waals surface area contributed by atoms with Gasteiger partial charge in [-0.1, -0.05) is 20.3 Å². The van der Waals surface area contributed by atoms with Crippen molar-refractivity contribution < 1.29 is 0 Å². The molecule has 0 radical (unpaired) electrons. The lowest BCUT2D eigenvalue weighted by molar-refractivity contribution is 0.394. The molecule has 0 amide bonds. The van der Waals surface area contributed by atoms with Gasteiger partial charge in [0.25, 0.3) is 0 Å². The highest BCUT2D eigenvalue weighted by atomic mass is 79.9. The molecular formula is C12H20BrN3. The highest BCUT2D eigenvalue weighted by Gasteiger charge is 2.12. The Kier molecular flexibility index (Phi) is 5.95. The highest BCUT2D eigenvalue weighted by molar-refractivity contribution is 9.10. The van der Waals surface area contributed by atoms with Gasteiger partial charge < -0.3 is 0 Å². The molecule has 0 saturated heterocycles. The molecule has 0 aliphatic carbocycles. The van der Waals surface area contributed by atoms with E-state index in [9.17, 15) is 0 Å². The van der Waals surface area contributed by atoms with Gasteiger partial charge in [-0.15, -0.1) is 0 Å². The standard InChI is InChI=1S/C12H20BrN3/c1-3-9(2)6-12(16-14)7-11-5-4-10(13)8-15-11/h4-5,8-9,12,16H,3,6-7,14H2,1-2H3. The highest BCUT2D eigenvalue weighted by Crippen LogP contribution is 2.14. The second kappa shape index (κ2) is 6.99. The van der Waals surface area contributed by atoms with Crippen LogP contribution in [0.5, 0.6) is 0 Å². The number of nitrogens with zero attached hydrogens (tertiary/aromatic N) is 1. The van der Waals surface area contributed by atoms with Crippen LogP contribution < -0.4 is 11.3 Å². The molecule has 1 heterocycles. The molecular weight excluding hydrogens is 266 g/mol. The van der Waals surface area contributed by atoms with Crippen molar-refractivity contribution >= 4 is 15.9 Å². The van der Waals surface area contributed by atoms with E-state index < -0.39 is 0 Å². The average Bonchev–Trinajstić information content (AvgIpc) is 2.30. The Morgan fingerprint density at radius 1 is 1.50 bits per heavy atom. The fourth-order valence-corrected chi connectivity index (χ4v) is 1.88. The third-order valence-corrected chi connectivity index (χ3v) is 3.33. The van der Waals surface area contributed by atoms with E-state index in [2.05, 4.69) is 40.2 Å². The molecule has 0 aliphatic rings. The first-order chi connectivity index (χ1) is 7.65. The first kappa shape index (κ1) is 13.6. The van der Waals surface area contributed by atoms with E-state index in [-0.39, 0.29) is 0 Å². The van der Waals surface area contributed by atoms with Crippen LogP contribution in [0, 0.1) is 5.92 Å². The molecule has 4 heteroatoms. The third-order valence-electron chi connectivity index (χ3n) is 2.86. The molecule has 16 heavy (non-hydrogen) atoms. The summed E-state index contributed by atoms with van der Waals surface area (Å²) in [5.41, 5.74) is 3.96. The first-order valence-corrected chi connectivity index (χ1v) is 6.51. The maximum Gasteiger partial charge on any atom is 0.0420 e.